The average molecular weight is 186 g/mol. The lowest BCUT2D eigenvalue weighted by molar-refractivity contribution is 0.0695. The van der Waals surface area contributed by atoms with E-state index in [1.807, 2.05) is 0 Å². The molecular weight excluding hydrogens is 178 g/mol. The largest absolute Gasteiger partial charge is 0.478 e. The fraction of sp³-hybridized carbons (Fsp3) is 0.250. The number of aromatic nitrogens is 1. The van der Waals surface area contributed by atoms with Crippen LogP contribution in [0.1, 0.15) is 21.5 Å². The Bertz CT molecular complexity index is 312. The van der Waals surface area contributed by atoms with Gasteiger partial charge in [0.05, 0.1) is 5.56 Å². The highest BCUT2D eigenvalue weighted by Crippen LogP contribution is 2.14. The van der Waals surface area contributed by atoms with E-state index in [9.17, 15) is 4.79 Å². The Morgan fingerprint density at radius 1 is 1.67 bits per heavy atom. The van der Waals surface area contributed by atoms with Gasteiger partial charge in [-0.25, -0.2) is 4.79 Å². The van der Waals surface area contributed by atoms with Crippen molar-refractivity contribution < 1.29 is 9.90 Å². The van der Waals surface area contributed by atoms with Gasteiger partial charge < -0.3 is 5.11 Å². The van der Waals surface area contributed by atoms with E-state index >= 15 is 0 Å². The van der Waals surface area contributed by atoms with Gasteiger partial charge in [0, 0.05) is 18.3 Å². The fourth-order valence-corrected chi connectivity index (χ4v) is 1.31. The SMILES string of the molecule is Cc1cncc(C(=O)O)c1CCl. The third-order valence-corrected chi connectivity index (χ3v) is 1.90. The number of hydrogen-bond donors (Lipinski definition) is 1. The second kappa shape index (κ2) is 3.54. The lowest BCUT2D eigenvalue weighted by Crippen LogP contribution is -2.03. The van der Waals surface area contributed by atoms with Crippen LogP contribution in [0.5, 0.6) is 0 Å². The molecule has 1 aromatic heterocycles. The predicted molar refractivity (Wildman–Crippen MR) is 45.5 cm³/mol. The van der Waals surface area contributed by atoms with E-state index in [4.69, 9.17) is 16.7 Å². The highest BCUT2D eigenvalue weighted by molar-refractivity contribution is 6.17. The molecule has 0 spiro atoms. The summed E-state index contributed by atoms with van der Waals surface area (Å²) < 4.78 is 0. The zero-order valence-corrected chi connectivity index (χ0v) is 7.30. The number of pyridine rings is 1. The minimum atomic E-state index is -0.984. The smallest absolute Gasteiger partial charge is 0.337 e. The molecule has 0 fully saturated rings. The van der Waals surface area contributed by atoms with E-state index in [1.165, 1.54) is 6.20 Å². The number of halogens is 1. The number of carboxylic acids is 1. The van der Waals surface area contributed by atoms with E-state index in [-0.39, 0.29) is 11.4 Å². The molecule has 1 N–H and O–H groups in total. The standard InChI is InChI=1S/C8H8ClNO2/c1-5-3-10-4-7(8(11)12)6(5)2-9/h3-4H,2H2,1H3,(H,11,12). The normalized spacial score (nSPS) is 9.83. The summed E-state index contributed by atoms with van der Waals surface area (Å²) in [5, 5.41) is 8.72. The van der Waals surface area contributed by atoms with Crippen molar-refractivity contribution in [3.05, 3.63) is 29.1 Å². The Balaban J connectivity index is 3.27. The van der Waals surface area contributed by atoms with E-state index < -0.39 is 5.97 Å². The molecule has 12 heavy (non-hydrogen) atoms. The first-order valence-electron chi connectivity index (χ1n) is 3.39. The molecule has 0 saturated heterocycles. The van der Waals surface area contributed by atoms with Crippen molar-refractivity contribution in [2.45, 2.75) is 12.8 Å². The van der Waals surface area contributed by atoms with E-state index in [0.29, 0.717) is 5.56 Å². The lowest BCUT2D eigenvalue weighted by atomic mass is 10.1. The molecule has 0 atom stereocenters. The second-order valence-corrected chi connectivity index (χ2v) is 2.69. The van der Waals surface area contributed by atoms with Crippen LogP contribution < -0.4 is 0 Å². The quantitative estimate of drug-likeness (QED) is 0.716. The van der Waals surface area contributed by atoms with Gasteiger partial charge in [0.15, 0.2) is 0 Å². The van der Waals surface area contributed by atoms with E-state index in [0.717, 1.165) is 5.56 Å². The van der Waals surface area contributed by atoms with Gasteiger partial charge in [0.1, 0.15) is 0 Å². The summed E-state index contributed by atoms with van der Waals surface area (Å²) in [6.45, 7) is 1.79. The monoisotopic (exact) mass is 185 g/mol. The molecule has 4 heteroatoms. The summed E-state index contributed by atoms with van der Waals surface area (Å²) in [6.07, 6.45) is 2.91. The van der Waals surface area contributed by atoms with Crippen LogP contribution in [-0.4, -0.2) is 16.1 Å². The zero-order valence-electron chi connectivity index (χ0n) is 6.54. The van der Waals surface area contributed by atoms with Crippen molar-refractivity contribution in [3.63, 3.8) is 0 Å². The molecule has 0 aliphatic carbocycles. The molecule has 1 aromatic rings. The van der Waals surface area contributed by atoms with Crippen molar-refractivity contribution in [2.24, 2.45) is 0 Å². The van der Waals surface area contributed by atoms with Gasteiger partial charge in [-0.1, -0.05) is 0 Å². The number of aromatic carboxylic acids is 1. The van der Waals surface area contributed by atoms with Crippen LogP contribution in [0.2, 0.25) is 0 Å². The maximum Gasteiger partial charge on any atom is 0.337 e. The van der Waals surface area contributed by atoms with Crippen molar-refractivity contribution in [1.82, 2.24) is 4.98 Å². The van der Waals surface area contributed by atoms with Crippen molar-refractivity contribution in [1.29, 1.82) is 0 Å². The minimum Gasteiger partial charge on any atom is -0.478 e. The number of hydrogen-bond acceptors (Lipinski definition) is 2. The molecule has 0 bridgehead atoms. The number of nitrogens with zero attached hydrogens (tertiary/aromatic N) is 1. The summed E-state index contributed by atoms with van der Waals surface area (Å²) in [5.74, 6) is -0.780. The Morgan fingerprint density at radius 3 is 2.75 bits per heavy atom. The highest BCUT2D eigenvalue weighted by atomic mass is 35.5. The topological polar surface area (TPSA) is 50.2 Å². The molecule has 0 radical (unpaired) electrons. The molecule has 3 nitrogen and oxygen atoms in total. The summed E-state index contributed by atoms with van der Waals surface area (Å²) in [5.41, 5.74) is 1.63. The first-order valence-corrected chi connectivity index (χ1v) is 3.93. The van der Waals surface area contributed by atoms with Crippen LogP contribution in [0.15, 0.2) is 12.4 Å². The number of alkyl halides is 1. The van der Waals surface area contributed by atoms with Crippen LogP contribution >= 0.6 is 11.6 Å². The predicted octanol–water partition coefficient (Wildman–Crippen LogP) is 1.83. The Labute approximate surface area is 75.0 Å². The zero-order chi connectivity index (χ0) is 9.14. The van der Waals surface area contributed by atoms with Crippen molar-refractivity contribution >= 4 is 17.6 Å². The van der Waals surface area contributed by atoms with Crippen LogP contribution in [0, 0.1) is 6.92 Å². The van der Waals surface area contributed by atoms with Crippen LogP contribution in [0.3, 0.4) is 0 Å². The Morgan fingerprint density at radius 2 is 2.33 bits per heavy atom. The molecule has 0 aromatic carbocycles. The summed E-state index contributed by atoms with van der Waals surface area (Å²) in [6, 6.07) is 0. The summed E-state index contributed by atoms with van der Waals surface area (Å²) in [7, 11) is 0. The lowest BCUT2D eigenvalue weighted by Gasteiger charge is -2.04. The molecule has 0 aliphatic heterocycles. The maximum absolute atomic E-state index is 10.6. The third kappa shape index (κ3) is 1.56. The summed E-state index contributed by atoms with van der Waals surface area (Å²) >= 11 is 5.59. The number of carboxylic acid groups (broad SMARTS) is 1. The number of aryl methyl sites for hydroxylation is 1. The van der Waals surface area contributed by atoms with Crippen LogP contribution in [-0.2, 0) is 5.88 Å². The number of rotatable bonds is 2. The van der Waals surface area contributed by atoms with Gasteiger partial charge in [-0.3, -0.25) is 4.98 Å². The number of carbonyl (C=O) groups is 1. The Kier molecular flexibility index (Phi) is 2.65. The second-order valence-electron chi connectivity index (χ2n) is 2.42. The van der Waals surface area contributed by atoms with E-state index in [2.05, 4.69) is 4.98 Å². The molecule has 1 heterocycles. The minimum absolute atomic E-state index is 0.185. The van der Waals surface area contributed by atoms with E-state index in [1.54, 1.807) is 13.1 Å². The molecule has 1 rings (SSSR count). The molecule has 0 amide bonds. The van der Waals surface area contributed by atoms with Crippen LogP contribution in [0.25, 0.3) is 0 Å². The first-order chi connectivity index (χ1) is 5.66. The van der Waals surface area contributed by atoms with Gasteiger partial charge in [0.2, 0.25) is 0 Å². The fourth-order valence-electron chi connectivity index (χ4n) is 0.954. The van der Waals surface area contributed by atoms with Crippen molar-refractivity contribution in [3.8, 4) is 0 Å². The molecule has 0 saturated carbocycles. The Hall–Kier alpha value is -1.09. The van der Waals surface area contributed by atoms with Crippen molar-refractivity contribution in [2.75, 3.05) is 0 Å². The summed E-state index contributed by atoms with van der Waals surface area (Å²) in [4.78, 5) is 14.4. The first kappa shape index (κ1) is 9.00. The van der Waals surface area contributed by atoms with Gasteiger partial charge in [-0.05, 0) is 18.1 Å². The molecular formula is C8H8ClNO2. The van der Waals surface area contributed by atoms with Gasteiger partial charge in [0.25, 0.3) is 0 Å². The molecule has 0 aliphatic rings. The molecule has 64 valence electrons. The van der Waals surface area contributed by atoms with Crippen LogP contribution in [0.4, 0.5) is 0 Å². The average Bonchev–Trinajstić information content (AvgIpc) is 2.03. The third-order valence-electron chi connectivity index (χ3n) is 1.64. The maximum atomic E-state index is 10.6. The van der Waals surface area contributed by atoms with Gasteiger partial charge in [-0.2, -0.15) is 0 Å². The van der Waals surface area contributed by atoms with Gasteiger partial charge >= 0.3 is 5.97 Å². The molecule has 0 unspecified atom stereocenters. The van der Waals surface area contributed by atoms with Gasteiger partial charge in [-0.15, -0.1) is 11.6 Å². The highest BCUT2D eigenvalue weighted by Gasteiger charge is 2.10.